The van der Waals surface area contributed by atoms with E-state index in [1.165, 1.54) is 38.5 Å². The van der Waals surface area contributed by atoms with Crippen molar-refractivity contribution in [2.45, 2.75) is 162 Å². The molecule has 298 valence electrons. The molecule has 0 bridgehead atoms. The molecule has 3 saturated heterocycles. The lowest BCUT2D eigenvalue weighted by molar-refractivity contribution is -0.259. The highest BCUT2D eigenvalue weighted by atomic mass is 16.7. The van der Waals surface area contributed by atoms with Gasteiger partial charge in [-0.2, -0.15) is 0 Å². The number of rotatable bonds is 10. The van der Waals surface area contributed by atoms with Crippen LogP contribution in [0.1, 0.15) is 114 Å². The molecule has 8 aliphatic rings. The maximum atomic E-state index is 12.7. The first-order valence-corrected chi connectivity index (χ1v) is 21.3. The summed E-state index contributed by atoms with van der Waals surface area (Å²) in [6.07, 6.45) is 7.99. The number of aliphatic hydroxyl groups is 2. The summed E-state index contributed by atoms with van der Waals surface area (Å²) in [4.78, 5) is 5.12. The monoisotopic (exact) mass is 731 g/mol. The number of morpholine rings is 1. The van der Waals surface area contributed by atoms with Crippen LogP contribution in [0.25, 0.3) is 0 Å². The van der Waals surface area contributed by atoms with Crippen LogP contribution in [0.5, 0.6) is 0 Å². The number of fused-ring (bicyclic) bond motifs is 4. The Balaban J connectivity index is 0.977. The molecule has 2 N–H and O–H groups in total. The average Bonchev–Trinajstić information content (AvgIpc) is 3.70. The summed E-state index contributed by atoms with van der Waals surface area (Å²) < 4.78 is 31.9. The maximum Gasteiger partial charge on any atom is 0.170 e. The number of hydrogen-bond acceptors (Lipinski definition) is 9. The summed E-state index contributed by atoms with van der Waals surface area (Å²) in [7, 11) is 1.78. The highest BCUT2D eigenvalue weighted by molar-refractivity contribution is 5.33. The molecular weight excluding hydrogens is 656 g/mol. The van der Waals surface area contributed by atoms with Gasteiger partial charge in [-0.15, -0.1) is 0 Å². The van der Waals surface area contributed by atoms with Crippen LogP contribution >= 0.6 is 0 Å². The maximum absolute atomic E-state index is 12.7. The van der Waals surface area contributed by atoms with Gasteiger partial charge in [-0.1, -0.05) is 34.6 Å². The Morgan fingerprint density at radius 1 is 0.981 bits per heavy atom. The van der Waals surface area contributed by atoms with Gasteiger partial charge in [-0.05, 0) is 124 Å². The minimum atomic E-state index is -1.02. The molecule has 52 heavy (non-hydrogen) atoms. The molecular formula is C43H74N2O7. The molecule has 0 radical (unpaired) electrons. The van der Waals surface area contributed by atoms with Crippen molar-refractivity contribution >= 4 is 0 Å². The first-order valence-electron chi connectivity index (χ1n) is 21.3. The standard InChI is InChI=1S/C43H74N2O7/c1-11-49-36(38(5,6)47)28-22-27(2)33-34(51-28)35(46)41(9)30-13-12-29-37(3,4)31(14-15-42(29)24-43(30,42)17-16-40(33,41)8)52-32-23-45(19-21-50-32)39(7)25-44(26-39)18-20-48-10/h27-36,46-47H,11-26H2,1-10H3/t27-,28-,29+,30+,31+,32+,33+,34+,35+,36+,40-,41-,42-,43+/m1/s1. The molecule has 9 heteroatoms. The van der Waals surface area contributed by atoms with Gasteiger partial charge in [0.15, 0.2) is 6.29 Å². The topological polar surface area (TPSA) is 93.1 Å². The predicted octanol–water partition coefficient (Wildman–Crippen LogP) is 5.74. The molecule has 3 aliphatic heterocycles. The normalized spacial score (nSPS) is 50.2. The second kappa shape index (κ2) is 12.8. The van der Waals surface area contributed by atoms with Crippen molar-refractivity contribution in [3.8, 4) is 0 Å². The van der Waals surface area contributed by atoms with E-state index >= 15 is 0 Å². The molecule has 0 aromatic carbocycles. The predicted molar refractivity (Wildman–Crippen MR) is 201 cm³/mol. The first-order chi connectivity index (χ1) is 24.4. The van der Waals surface area contributed by atoms with Gasteiger partial charge in [0.1, 0.15) is 6.10 Å². The molecule has 2 spiro atoms. The van der Waals surface area contributed by atoms with Gasteiger partial charge in [0.2, 0.25) is 0 Å². The number of hydrogen-bond donors (Lipinski definition) is 2. The van der Waals surface area contributed by atoms with Crippen LogP contribution in [0.2, 0.25) is 0 Å². The van der Waals surface area contributed by atoms with Crippen LogP contribution < -0.4 is 0 Å². The smallest absolute Gasteiger partial charge is 0.170 e. The third-order valence-electron chi connectivity index (χ3n) is 18.0. The zero-order chi connectivity index (χ0) is 37.3. The van der Waals surface area contributed by atoms with E-state index in [4.69, 9.17) is 23.7 Å². The van der Waals surface area contributed by atoms with Gasteiger partial charge in [0.05, 0.1) is 49.8 Å². The molecule has 8 rings (SSSR count). The van der Waals surface area contributed by atoms with E-state index in [9.17, 15) is 10.2 Å². The molecule has 9 nitrogen and oxygen atoms in total. The molecule has 3 heterocycles. The van der Waals surface area contributed by atoms with Gasteiger partial charge >= 0.3 is 0 Å². The first kappa shape index (κ1) is 38.5. The third-order valence-corrected chi connectivity index (χ3v) is 18.0. The lowest BCUT2D eigenvalue weighted by atomic mass is 9.41. The molecule has 0 unspecified atom stereocenters. The van der Waals surface area contributed by atoms with Crippen molar-refractivity contribution in [3.63, 3.8) is 0 Å². The lowest BCUT2D eigenvalue weighted by Gasteiger charge is -2.64. The van der Waals surface area contributed by atoms with Gasteiger partial charge in [0, 0.05) is 50.8 Å². The van der Waals surface area contributed by atoms with Gasteiger partial charge < -0.3 is 33.9 Å². The Morgan fingerprint density at radius 2 is 1.69 bits per heavy atom. The minimum absolute atomic E-state index is 0.0156. The van der Waals surface area contributed by atoms with Gasteiger partial charge in [-0.3, -0.25) is 9.80 Å². The van der Waals surface area contributed by atoms with Crippen LogP contribution in [-0.2, 0) is 23.7 Å². The van der Waals surface area contributed by atoms with Gasteiger partial charge in [-0.25, -0.2) is 0 Å². The molecule has 14 atom stereocenters. The van der Waals surface area contributed by atoms with Crippen molar-refractivity contribution in [1.29, 1.82) is 0 Å². The summed E-state index contributed by atoms with van der Waals surface area (Å²) >= 11 is 0. The molecule has 0 aromatic rings. The van der Waals surface area contributed by atoms with Crippen LogP contribution in [-0.4, -0.2) is 128 Å². The summed E-state index contributed by atoms with van der Waals surface area (Å²) in [6.45, 7) is 27.5. The summed E-state index contributed by atoms with van der Waals surface area (Å²) in [5.74, 6) is 1.82. The zero-order valence-electron chi connectivity index (χ0n) is 34.4. The Kier molecular flexibility index (Phi) is 9.50. The van der Waals surface area contributed by atoms with E-state index in [1.807, 2.05) is 20.8 Å². The van der Waals surface area contributed by atoms with E-state index < -0.39 is 17.8 Å². The Hall–Kier alpha value is -0.360. The van der Waals surface area contributed by atoms with Crippen molar-refractivity contribution in [3.05, 3.63) is 0 Å². The second-order valence-corrected chi connectivity index (χ2v) is 21.2. The summed E-state index contributed by atoms with van der Waals surface area (Å²) in [6, 6.07) is 0. The Bertz CT molecular complexity index is 1330. The molecule has 0 amide bonds. The summed E-state index contributed by atoms with van der Waals surface area (Å²) in [5.41, 5.74) is -0.312. The second-order valence-electron chi connectivity index (χ2n) is 21.2. The van der Waals surface area contributed by atoms with E-state index in [2.05, 4.69) is 51.3 Å². The van der Waals surface area contributed by atoms with Crippen molar-refractivity contribution in [2.75, 3.05) is 59.7 Å². The van der Waals surface area contributed by atoms with E-state index in [1.54, 1.807) is 7.11 Å². The molecule has 5 aliphatic carbocycles. The van der Waals surface area contributed by atoms with Crippen LogP contribution in [0.15, 0.2) is 0 Å². The molecule has 0 aromatic heterocycles. The Morgan fingerprint density at radius 3 is 2.38 bits per heavy atom. The molecule has 8 fully saturated rings. The minimum Gasteiger partial charge on any atom is -0.390 e. The highest BCUT2D eigenvalue weighted by Crippen LogP contribution is 2.89. The number of methoxy groups -OCH3 is 1. The quantitative estimate of drug-likeness (QED) is 0.292. The largest absolute Gasteiger partial charge is 0.390 e. The van der Waals surface area contributed by atoms with Crippen LogP contribution in [0, 0.1) is 50.7 Å². The van der Waals surface area contributed by atoms with E-state index in [0.29, 0.717) is 41.1 Å². The molecule has 5 saturated carbocycles. The Labute approximate surface area is 315 Å². The van der Waals surface area contributed by atoms with Crippen molar-refractivity contribution < 1.29 is 33.9 Å². The third kappa shape index (κ3) is 5.32. The number of nitrogens with zero attached hydrogens (tertiary/aromatic N) is 2. The van der Waals surface area contributed by atoms with Crippen molar-refractivity contribution in [2.24, 2.45) is 50.7 Å². The number of likely N-dealkylation sites (tertiary alicyclic amines) is 1. The SMILES string of the molecule is CCO[C@@H]([C@H]1C[C@@H](C)[C@H]2[C@H](O1)[C@H](O)[C@@]1(C)[C@@H]3CC[C@H]4C(C)(C)[C@@H](O[C@H]5CN(C6(C)CN(CCOC)C6)CCO5)CC[C@@]45C[C@@]35CC[C@]21C)C(C)(C)O. The number of ether oxygens (including phenoxy) is 5. The summed E-state index contributed by atoms with van der Waals surface area (Å²) in [5, 5.41) is 23.8. The fraction of sp³-hybridized carbons (Fsp3) is 1.00. The van der Waals surface area contributed by atoms with Crippen LogP contribution in [0.3, 0.4) is 0 Å². The fourth-order valence-electron chi connectivity index (χ4n) is 15.6. The lowest BCUT2D eigenvalue weighted by Crippen LogP contribution is -2.71. The average molecular weight is 731 g/mol. The zero-order valence-corrected chi connectivity index (χ0v) is 34.4. The fourth-order valence-corrected chi connectivity index (χ4v) is 15.6. The van der Waals surface area contributed by atoms with Crippen molar-refractivity contribution in [1.82, 2.24) is 9.80 Å². The highest BCUT2D eigenvalue weighted by Gasteiger charge is 2.84. The number of aliphatic hydroxyl groups excluding tert-OH is 1. The van der Waals surface area contributed by atoms with E-state index in [0.717, 1.165) is 58.8 Å². The van der Waals surface area contributed by atoms with Gasteiger partial charge in [0.25, 0.3) is 0 Å². The van der Waals surface area contributed by atoms with Crippen LogP contribution in [0.4, 0.5) is 0 Å². The van der Waals surface area contributed by atoms with E-state index in [-0.39, 0.29) is 46.4 Å².